The molecule has 0 aliphatic heterocycles. The summed E-state index contributed by atoms with van der Waals surface area (Å²) in [4.78, 5) is 0. The highest BCUT2D eigenvalue weighted by atomic mass is 16.3. The van der Waals surface area contributed by atoms with E-state index >= 15 is 0 Å². The minimum absolute atomic E-state index is 0.00625. The first-order chi connectivity index (χ1) is 10.2. The third-order valence-electron chi connectivity index (χ3n) is 6.54. The maximum absolute atomic E-state index is 10.1. The standard InChI is InChI=1S/C18H26N2O2/c1-16-4-10-5-17(2,7-16)9-18(6-10,8-16)11-3-12(19)14(21)15(22)13(11)20/h3,10,21-22H,4-9,19-20H2,1-2H3. The molecular weight excluding hydrogens is 276 g/mol. The monoisotopic (exact) mass is 302 g/mol. The van der Waals surface area contributed by atoms with Gasteiger partial charge in [0.1, 0.15) is 0 Å². The van der Waals surface area contributed by atoms with Crippen molar-refractivity contribution in [1.29, 1.82) is 0 Å². The number of hydrogen-bond acceptors (Lipinski definition) is 4. The number of nitrogen functional groups attached to an aromatic ring is 2. The Labute approximate surface area is 131 Å². The van der Waals surface area contributed by atoms with Crippen LogP contribution in [-0.2, 0) is 5.41 Å². The maximum Gasteiger partial charge on any atom is 0.183 e. The number of hydrogen-bond donors (Lipinski definition) is 4. The van der Waals surface area contributed by atoms with E-state index in [0.717, 1.165) is 30.7 Å². The fourth-order valence-electron chi connectivity index (χ4n) is 6.88. The van der Waals surface area contributed by atoms with Gasteiger partial charge in [0, 0.05) is 0 Å². The summed E-state index contributed by atoms with van der Waals surface area (Å²) < 4.78 is 0. The van der Waals surface area contributed by atoms with Gasteiger partial charge in [-0.1, -0.05) is 13.8 Å². The van der Waals surface area contributed by atoms with E-state index in [1.54, 1.807) is 0 Å². The van der Waals surface area contributed by atoms with Crippen LogP contribution in [0.3, 0.4) is 0 Å². The zero-order valence-electron chi connectivity index (χ0n) is 13.4. The first-order valence-corrected chi connectivity index (χ1v) is 8.26. The molecule has 4 nitrogen and oxygen atoms in total. The molecule has 120 valence electrons. The first kappa shape index (κ1) is 14.0. The maximum atomic E-state index is 10.1. The highest BCUT2D eigenvalue weighted by molar-refractivity contribution is 5.74. The van der Waals surface area contributed by atoms with E-state index in [2.05, 4.69) is 13.8 Å². The van der Waals surface area contributed by atoms with Gasteiger partial charge in [-0.3, -0.25) is 0 Å². The number of phenolic OH excluding ortho intramolecular Hbond substituents is 2. The molecule has 0 amide bonds. The summed E-state index contributed by atoms with van der Waals surface area (Å²) >= 11 is 0. The predicted molar refractivity (Wildman–Crippen MR) is 87.7 cm³/mol. The summed E-state index contributed by atoms with van der Waals surface area (Å²) in [7, 11) is 0. The molecule has 22 heavy (non-hydrogen) atoms. The van der Waals surface area contributed by atoms with Gasteiger partial charge in [0.05, 0.1) is 11.4 Å². The summed E-state index contributed by atoms with van der Waals surface area (Å²) in [5.74, 6) is 0.201. The van der Waals surface area contributed by atoms with Crippen LogP contribution in [0.1, 0.15) is 57.9 Å². The number of benzene rings is 1. The molecule has 4 aliphatic rings. The summed E-state index contributed by atoms with van der Waals surface area (Å²) in [5, 5.41) is 20.0. The molecule has 0 aromatic heterocycles. The van der Waals surface area contributed by atoms with E-state index in [1.165, 1.54) is 19.3 Å². The summed E-state index contributed by atoms with van der Waals surface area (Å²) in [5.41, 5.74) is 14.3. The lowest BCUT2D eigenvalue weighted by Crippen LogP contribution is -2.57. The predicted octanol–water partition coefficient (Wildman–Crippen LogP) is 3.51. The van der Waals surface area contributed by atoms with Crippen molar-refractivity contribution in [3.8, 4) is 11.5 Å². The minimum Gasteiger partial charge on any atom is -0.503 e. The number of phenols is 2. The molecule has 0 heterocycles. The van der Waals surface area contributed by atoms with Crippen LogP contribution >= 0.6 is 0 Å². The van der Waals surface area contributed by atoms with E-state index in [1.807, 2.05) is 6.07 Å². The third-order valence-corrected chi connectivity index (χ3v) is 6.54. The van der Waals surface area contributed by atoms with Gasteiger partial charge in [0.15, 0.2) is 11.5 Å². The van der Waals surface area contributed by atoms with Crippen LogP contribution in [0.2, 0.25) is 0 Å². The molecule has 1 aromatic rings. The van der Waals surface area contributed by atoms with Crippen LogP contribution in [0.4, 0.5) is 11.4 Å². The van der Waals surface area contributed by atoms with Crippen LogP contribution in [-0.4, -0.2) is 10.2 Å². The first-order valence-electron chi connectivity index (χ1n) is 8.26. The number of anilines is 2. The average molecular weight is 302 g/mol. The largest absolute Gasteiger partial charge is 0.503 e. The lowest BCUT2D eigenvalue weighted by atomic mass is 9.39. The summed E-state index contributed by atoms with van der Waals surface area (Å²) in [6, 6.07) is 1.81. The molecule has 2 atom stereocenters. The van der Waals surface area contributed by atoms with E-state index in [4.69, 9.17) is 11.5 Å². The smallest absolute Gasteiger partial charge is 0.183 e. The van der Waals surface area contributed by atoms with Crippen LogP contribution in [0.15, 0.2) is 6.07 Å². The fourth-order valence-corrected chi connectivity index (χ4v) is 6.88. The van der Waals surface area contributed by atoms with E-state index in [9.17, 15) is 10.2 Å². The third kappa shape index (κ3) is 1.70. The molecule has 2 unspecified atom stereocenters. The molecule has 4 heteroatoms. The normalized spacial score (nSPS) is 42.7. The fraction of sp³-hybridized carbons (Fsp3) is 0.667. The van der Waals surface area contributed by atoms with Gasteiger partial charge in [0.25, 0.3) is 0 Å². The van der Waals surface area contributed by atoms with Gasteiger partial charge in [-0.15, -0.1) is 0 Å². The Morgan fingerprint density at radius 2 is 1.55 bits per heavy atom. The van der Waals surface area contributed by atoms with E-state index in [0.29, 0.717) is 16.5 Å². The zero-order chi connectivity index (χ0) is 15.9. The van der Waals surface area contributed by atoms with E-state index < -0.39 is 0 Å². The van der Waals surface area contributed by atoms with Crippen LogP contribution in [0.5, 0.6) is 11.5 Å². The molecule has 4 bridgehead atoms. The molecule has 0 saturated heterocycles. The minimum atomic E-state index is -0.289. The SMILES string of the molecule is CC12CC3CC(C)(C1)CC(c1cc(N)c(O)c(O)c1N)(C3)C2. The molecular formula is C18H26N2O2. The van der Waals surface area contributed by atoms with Gasteiger partial charge in [-0.2, -0.15) is 0 Å². The Hall–Kier alpha value is -1.58. The topological polar surface area (TPSA) is 92.5 Å². The van der Waals surface area contributed by atoms with Crippen LogP contribution in [0, 0.1) is 16.7 Å². The summed E-state index contributed by atoms with van der Waals surface area (Å²) in [6.45, 7) is 4.81. The molecule has 1 aromatic carbocycles. The van der Waals surface area contributed by atoms with Crippen molar-refractivity contribution in [1.82, 2.24) is 0 Å². The van der Waals surface area contributed by atoms with Crippen molar-refractivity contribution in [3.63, 3.8) is 0 Å². The number of nitrogens with two attached hydrogens (primary N) is 2. The van der Waals surface area contributed by atoms with Crippen molar-refractivity contribution in [3.05, 3.63) is 11.6 Å². The molecule has 6 N–H and O–H groups in total. The Bertz CT molecular complexity index is 652. The molecule has 4 saturated carbocycles. The Morgan fingerprint density at radius 3 is 2.09 bits per heavy atom. The Kier molecular flexibility index (Phi) is 2.45. The van der Waals surface area contributed by atoms with Crippen molar-refractivity contribution < 1.29 is 10.2 Å². The van der Waals surface area contributed by atoms with Gasteiger partial charge >= 0.3 is 0 Å². The zero-order valence-corrected chi connectivity index (χ0v) is 13.4. The molecule has 4 fully saturated rings. The Morgan fingerprint density at radius 1 is 0.955 bits per heavy atom. The van der Waals surface area contributed by atoms with Crippen molar-refractivity contribution in [2.24, 2.45) is 16.7 Å². The number of aromatic hydroxyl groups is 2. The Balaban J connectivity index is 1.90. The van der Waals surface area contributed by atoms with Gasteiger partial charge in [0.2, 0.25) is 0 Å². The van der Waals surface area contributed by atoms with Gasteiger partial charge in [-0.25, -0.2) is 0 Å². The number of rotatable bonds is 1. The average Bonchev–Trinajstić information content (AvgIpc) is 2.36. The molecule has 0 radical (unpaired) electrons. The van der Waals surface area contributed by atoms with Crippen LogP contribution in [0.25, 0.3) is 0 Å². The van der Waals surface area contributed by atoms with Crippen molar-refractivity contribution in [2.75, 3.05) is 11.5 Å². The van der Waals surface area contributed by atoms with Crippen molar-refractivity contribution >= 4 is 11.4 Å². The highest BCUT2D eigenvalue weighted by Crippen LogP contribution is 2.70. The van der Waals surface area contributed by atoms with Crippen LogP contribution < -0.4 is 11.5 Å². The van der Waals surface area contributed by atoms with Gasteiger partial charge in [-0.05, 0) is 72.3 Å². The summed E-state index contributed by atoms with van der Waals surface area (Å²) in [6.07, 6.45) is 7.26. The lowest BCUT2D eigenvalue weighted by Gasteiger charge is -2.65. The molecule has 0 spiro atoms. The van der Waals surface area contributed by atoms with E-state index in [-0.39, 0.29) is 22.6 Å². The lowest BCUT2D eigenvalue weighted by molar-refractivity contribution is -0.109. The second-order valence-electron chi connectivity index (χ2n) is 9.03. The van der Waals surface area contributed by atoms with Gasteiger partial charge < -0.3 is 21.7 Å². The quantitative estimate of drug-likeness (QED) is 0.472. The molecule has 4 aliphatic carbocycles. The highest BCUT2D eigenvalue weighted by Gasteiger charge is 2.61. The second kappa shape index (κ2) is 3.84. The second-order valence-corrected chi connectivity index (χ2v) is 9.03. The molecule has 5 rings (SSSR count). The van der Waals surface area contributed by atoms with Crippen molar-refractivity contribution in [2.45, 2.75) is 57.8 Å².